The lowest BCUT2D eigenvalue weighted by Gasteiger charge is -2.21. The molecule has 152 valence electrons. The third-order valence-electron chi connectivity index (χ3n) is 4.83. The number of aryl methyl sites for hydroxylation is 1. The van der Waals surface area contributed by atoms with Crippen LogP contribution < -0.4 is 14.4 Å². The van der Waals surface area contributed by atoms with Gasteiger partial charge in [0.1, 0.15) is 17.2 Å². The second-order valence-electron chi connectivity index (χ2n) is 6.69. The minimum Gasteiger partial charge on any atom is -0.496 e. The zero-order valence-electron chi connectivity index (χ0n) is 16.9. The Morgan fingerprint density at radius 2 is 1.69 bits per heavy atom. The number of amides is 2. The molecule has 0 atom stereocenters. The Morgan fingerprint density at radius 1 is 1.00 bits per heavy atom. The van der Waals surface area contributed by atoms with Crippen LogP contribution in [0.2, 0.25) is 0 Å². The molecule has 7 heteroatoms. The molecular weight excluding hydrogens is 372 g/mol. The van der Waals surface area contributed by atoms with Crippen LogP contribution in [0.4, 0.5) is 5.69 Å². The number of benzene rings is 2. The van der Waals surface area contributed by atoms with E-state index in [2.05, 4.69) is 0 Å². The SMILES string of the molecule is COc1ccccc1C1=C(N(C)CCO)C(=O)N(c2cc(C)ccc2OC)C1=O. The Kier molecular flexibility index (Phi) is 5.89. The molecule has 0 fully saturated rings. The maximum Gasteiger partial charge on any atom is 0.282 e. The first-order valence-electron chi connectivity index (χ1n) is 9.17. The molecule has 0 aromatic heterocycles. The van der Waals surface area contributed by atoms with E-state index >= 15 is 0 Å². The molecule has 2 aromatic rings. The second kappa shape index (κ2) is 8.36. The van der Waals surface area contributed by atoms with Crippen LogP contribution >= 0.6 is 0 Å². The van der Waals surface area contributed by atoms with Crippen LogP contribution in [0.5, 0.6) is 11.5 Å². The van der Waals surface area contributed by atoms with Gasteiger partial charge in [-0.05, 0) is 30.7 Å². The van der Waals surface area contributed by atoms with Crippen LogP contribution in [0.25, 0.3) is 5.57 Å². The number of carbonyl (C=O) groups excluding carboxylic acids is 2. The number of hydrogen-bond donors (Lipinski definition) is 1. The third kappa shape index (κ3) is 3.56. The van der Waals surface area contributed by atoms with Crippen LogP contribution in [0, 0.1) is 6.92 Å². The average Bonchev–Trinajstić information content (AvgIpc) is 2.98. The van der Waals surface area contributed by atoms with Crippen molar-refractivity contribution in [3.05, 3.63) is 59.3 Å². The van der Waals surface area contributed by atoms with Gasteiger partial charge in [-0.15, -0.1) is 0 Å². The third-order valence-corrected chi connectivity index (χ3v) is 4.83. The smallest absolute Gasteiger partial charge is 0.282 e. The average molecular weight is 396 g/mol. The lowest BCUT2D eigenvalue weighted by molar-refractivity contribution is -0.120. The molecule has 2 amide bonds. The highest BCUT2D eigenvalue weighted by Crippen LogP contribution is 2.40. The fourth-order valence-corrected chi connectivity index (χ4v) is 3.42. The summed E-state index contributed by atoms with van der Waals surface area (Å²) >= 11 is 0. The number of anilines is 1. The molecule has 1 aliphatic rings. The maximum atomic E-state index is 13.5. The van der Waals surface area contributed by atoms with Crippen LogP contribution in [0.1, 0.15) is 11.1 Å². The number of likely N-dealkylation sites (N-methyl/N-ethyl adjacent to an activating group) is 1. The molecule has 0 unspecified atom stereocenters. The van der Waals surface area contributed by atoms with E-state index in [9.17, 15) is 14.7 Å². The lowest BCUT2D eigenvalue weighted by Crippen LogP contribution is -2.35. The van der Waals surface area contributed by atoms with Gasteiger partial charge >= 0.3 is 0 Å². The highest BCUT2D eigenvalue weighted by molar-refractivity contribution is 6.46. The zero-order valence-corrected chi connectivity index (χ0v) is 16.9. The topological polar surface area (TPSA) is 79.3 Å². The van der Waals surface area contributed by atoms with Gasteiger partial charge in [0.2, 0.25) is 0 Å². The minimum absolute atomic E-state index is 0.158. The van der Waals surface area contributed by atoms with Gasteiger partial charge in [0.25, 0.3) is 11.8 Å². The normalized spacial score (nSPS) is 13.9. The van der Waals surface area contributed by atoms with Gasteiger partial charge in [-0.1, -0.05) is 24.3 Å². The molecule has 2 aromatic carbocycles. The van der Waals surface area contributed by atoms with Gasteiger partial charge in [0.05, 0.1) is 32.1 Å². The Morgan fingerprint density at radius 3 is 2.34 bits per heavy atom. The number of nitrogens with zero attached hydrogens (tertiary/aromatic N) is 2. The number of methoxy groups -OCH3 is 2. The molecule has 1 N–H and O–H groups in total. The van der Waals surface area contributed by atoms with E-state index in [4.69, 9.17) is 9.47 Å². The summed E-state index contributed by atoms with van der Waals surface area (Å²) < 4.78 is 10.8. The van der Waals surface area contributed by atoms with Gasteiger partial charge in [0.15, 0.2) is 0 Å². The Balaban J connectivity index is 2.22. The highest BCUT2D eigenvalue weighted by atomic mass is 16.5. The van der Waals surface area contributed by atoms with Crippen molar-refractivity contribution in [2.24, 2.45) is 0 Å². The molecular formula is C22H24N2O5. The highest BCUT2D eigenvalue weighted by Gasteiger charge is 2.43. The van der Waals surface area contributed by atoms with E-state index in [1.54, 1.807) is 48.3 Å². The van der Waals surface area contributed by atoms with E-state index in [0.717, 1.165) is 10.5 Å². The van der Waals surface area contributed by atoms with Crippen LogP contribution in [0.3, 0.4) is 0 Å². The molecule has 3 rings (SSSR count). The number of aliphatic hydroxyl groups is 1. The van der Waals surface area contributed by atoms with E-state index in [-0.39, 0.29) is 24.4 Å². The van der Waals surface area contributed by atoms with Crippen LogP contribution in [0.15, 0.2) is 48.2 Å². The van der Waals surface area contributed by atoms with Crippen molar-refractivity contribution in [2.75, 3.05) is 39.3 Å². The molecule has 0 aliphatic carbocycles. The summed E-state index contributed by atoms with van der Waals surface area (Å²) in [6, 6.07) is 12.4. The number of ether oxygens (including phenoxy) is 2. The standard InChI is InChI=1S/C22H24N2O5/c1-14-9-10-18(29-4)16(13-14)24-21(26)19(15-7-5-6-8-17(15)28-3)20(22(24)27)23(2)11-12-25/h5-10,13,25H,11-12H2,1-4H3. The van der Waals surface area contributed by atoms with Crippen molar-refractivity contribution in [1.82, 2.24) is 4.90 Å². The van der Waals surface area contributed by atoms with E-state index in [1.807, 2.05) is 13.0 Å². The minimum atomic E-state index is -0.476. The van der Waals surface area contributed by atoms with E-state index in [0.29, 0.717) is 22.7 Å². The summed E-state index contributed by atoms with van der Waals surface area (Å²) in [6.07, 6.45) is 0. The number of hydrogen-bond acceptors (Lipinski definition) is 6. The fourth-order valence-electron chi connectivity index (χ4n) is 3.42. The van der Waals surface area contributed by atoms with Crippen LogP contribution in [-0.4, -0.2) is 56.2 Å². The summed E-state index contributed by atoms with van der Waals surface area (Å²) in [7, 11) is 4.68. The molecule has 29 heavy (non-hydrogen) atoms. The summed E-state index contributed by atoms with van der Waals surface area (Å²) in [4.78, 5) is 29.7. The molecule has 7 nitrogen and oxygen atoms in total. The van der Waals surface area contributed by atoms with Crippen molar-refractivity contribution in [3.63, 3.8) is 0 Å². The zero-order chi connectivity index (χ0) is 21.1. The predicted molar refractivity (Wildman–Crippen MR) is 110 cm³/mol. The fraction of sp³-hybridized carbons (Fsp3) is 0.273. The lowest BCUT2D eigenvalue weighted by atomic mass is 10.0. The molecule has 0 saturated heterocycles. The van der Waals surface area contributed by atoms with Crippen LogP contribution in [-0.2, 0) is 9.59 Å². The molecule has 1 aliphatic heterocycles. The van der Waals surface area contributed by atoms with Crippen molar-refractivity contribution in [2.45, 2.75) is 6.92 Å². The summed E-state index contributed by atoms with van der Waals surface area (Å²) in [5, 5.41) is 9.39. The predicted octanol–water partition coefficient (Wildman–Crippen LogP) is 2.22. The van der Waals surface area contributed by atoms with Gasteiger partial charge < -0.3 is 19.5 Å². The molecule has 0 spiro atoms. The van der Waals surface area contributed by atoms with Gasteiger partial charge in [0, 0.05) is 19.2 Å². The molecule has 0 radical (unpaired) electrons. The number of rotatable bonds is 7. The van der Waals surface area contributed by atoms with Crippen molar-refractivity contribution < 1.29 is 24.2 Å². The van der Waals surface area contributed by atoms with Gasteiger partial charge in [-0.3, -0.25) is 9.59 Å². The van der Waals surface area contributed by atoms with Gasteiger partial charge in [-0.2, -0.15) is 0 Å². The second-order valence-corrected chi connectivity index (χ2v) is 6.69. The molecule has 0 bridgehead atoms. The number of carbonyl (C=O) groups is 2. The first-order chi connectivity index (χ1) is 13.9. The first kappa shape index (κ1) is 20.4. The van der Waals surface area contributed by atoms with E-state index in [1.165, 1.54) is 14.2 Å². The summed E-state index contributed by atoms with van der Waals surface area (Å²) in [5.41, 5.74) is 2.21. The summed E-state index contributed by atoms with van der Waals surface area (Å²) in [6.45, 7) is 1.92. The maximum absolute atomic E-state index is 13.5. The Hall–Kier alpha value is -3.32. The molecule has 1 heterocycles. The quantitative estimate of drug-likeness (QED) is 0.723. The first-order valence-corrected chi connectivity index (χ1v) is 9.17. The van der Waals surface area contributed by atoms with Crippen molar-refractivity contribution in [1.29, 1.82) is 0 Å². The number of aliphatic hydroxyl groups excluding tert-OH is 1. The number of para-hydroxylation sites is 1. The number of imide groups is 1. The monoisotopic (exact) mass is 396 g/mol. The largest absolute Gasteiger partial charge is 0.496 e. The Labute approximate surface area is 169 Å². The summed E-state index contributed by atoms with van der Waals surface area (Å²) in [5.74, 6) is -0.0433. The van der Waals surface area contributed by atoms with Gasteiger partial charge in [-0.25, -0.2) is 4.90 Å². The molecule has 0 saturated carbocycles. The van der Waals surface area contributed by atoms with Crippen molar-refractivity contribution in [3.8, 4) is 11.5 Å². The van der Waals surface area contributed by atoms with Crippen molar-refractivity contribution >= 4 is 23.1 Å². The Bertz CT molecular complexity index is 983. The van der Waals surface area contributed by atoms with E-state index < -0.39 is 11.8 Å².